The molecule has 1 aromatic heterocycles. The molecule has 0 unspecified atom stereocenters. The molecule has 2 heterocycles. The van der Waals surface area contributed by atoms with Gasteiger partial charge in [-0.25, -0.2) is 9.97 Å². The lowest BCUT2D eigenvalue weighted by Crippen LogP contribution is -2.28. The Morgan fingerprint density at radius 2 is 1.62 bits per heavy atom. The Bertz CT molecular complexity index is 756. The summed E-state index contributed by atoms with van der Waals surface area (Å²) in [5.74, 6) is 1.27. The molecule has 1 aliphatic heterocycles. The Morgan fingerprint density at radius 1 is 1.00 bits per heavy atom. The molecule has 1 aliphatic rings. The third-order valence-corrected chi connectivity index (χ3v) is 4.38. The number of likely N-dealkylation sites (tertiary alicyclic amines) is 1. The van der Waals surface area contributed by atoms with Gasteiger partial charge in [-0.1, -0.05) is 17.7 Å². The second-order valence-corrected chi connectivity index (χ2v) is 6.58. The van der Waals surface area contributed by atoms with Gasteiger partial charge in [0.2, 0.25) is 0 Å². The van der Waals surface area contributed by atoms with Gasteiger partial charge in [-0.15, -0.1) is 0 Å². The van der Waals surface area contributed by atoms with E-state index in [9.17, 15) is 4.79 Å². The molecule has 0 atom stereocenters. The number of amides is 1. The van der Waals surface area contributed by atoms with Crippen molar-refractivity contribution in [2.75, 3.05) is 18.4 Å². The van der Waals surface area contributed by atoms with E-state index in [-0.39, 0.29) is 5.91 Å². The maximum atomic E-state index is 12.6. The molecule has 126 valence electrons. The van der Waals surface area contributed by atoms with Gasteiger partial charge in [0.1, 0.15) is 17.3 Å². The van der Waals surface area contributed by atoms with Crippen LogP contribution in [0.1, 0.15) is 45.8 Å². The number of nitrogens with zero attached hydrogens (tertiary/aromatic N) is 3. The number of hydrogen-bond acceptors (Lipinski definition) is 4. The summed E-state index contributed by atoms with van der Waals surface area (Å²) < 4.78 is 0. The van der Waals surface area contributed by atoms with Crippen LogP contribution in [0.3, 0.4) is 0 Å². The van der Waals surface area contributed by atoms with Crippen molar-refractivity contribution in [3.05, 3.63) is 46.4 Å². The van der Waals surface area contributed by atoms with E-state index in [1.165, 1.54) is 5.56 Å². The molecule has 1 N–H and O–H groups in total. The van der Waals surface area contributed by atoms with E-state index in [1.54, 1.807) is 6.07 Å². The normalized spacial score (nSPS) is 14.1. The lowest BCUT2D eigenvalue weighted by Gasteiger charge is -2.17. The zero-order chi connectivity index (χ0) is 17.3. The van der Waals surface area contributed by atoms with Crippen molar-refractivity contribution in [3.63, 3.8) is 0 Å². The van der Waals surface area contributed by atoms with E-state index in [1.807, 2.05) is 11.8 Å². The molecule has 0 radical (unpaired) electrons. The molecular weight excluding hydrogens is 300 g/mol. The van der Waals surface area contributed by atoms with Crippen molar-refractivity contribution < 1.29 is 4.79 Å². The molecule has 0 spiro atoms. The Labute approximate surface area is 143 Å². The van der Waals surface area contributed by atoms with Gasteiger partial charge in [-0.2, -0.15) is 0 Å². The van der Waals surface area contributed by atoms with Crippen molar-refractivity contribution in [2.24, 2.45) is 0 Å². The van der Waals surface area contributed by atoms with Crippen molar-refractivity contribution >= 4 is 17.4 Å². The van der Waals surface area contributed by atoms with Crippen molar-refractivity contribution in [1.29, 1.82) is 0 Å². The average Bonchev–Trinajstić information content (AvgIpc) is 3.04. The van der Waals surface area contributed by atoms with Gasteiger partial charge in [0, 0.05) is 24.8 Å². The first-order valence-electron chi connectivity index (χ1n) is 8.44. The van der Waals surface area contributed by atoms with Gasteiger partial charge < -0.3 is 10.2 Å². The van der Waals surface area contributed by atoms with E-state index in [4.69, 9.17) is 0 Å². The van der Waals surface area contributed by atoms with Crippen LogP contribution in [0.5, 0.6) is 0 Å². The van der Waals surface area contributed by atoms with E-state index < -0.39 is 0 Å². The zero-order valence-corrected chi connectivity index (χ0v) is 14.8. The molecule has 1 fully saturated rings. The van der Waals surface area contributed by atoms with Crippen LogP contribution in [-0.2, 0) is 0 Å². The maximum absolute atomic E-state index is 12.6. The molecule has 1 amide bonds. The fraction of sp³-hybridized carbons (Fsp3) is 0.421. The Kier molecular flexibility index (Phi) is 4.51. The summed E-state index contributed by atoms with van der Waals surface area (Å²) in [7, 11) is 0. The number of rotatable bonds is 3. The first kappa shape index (κ1) is 16.4. The van der Waals surface area contributed by atoms with Crippen LogP contribution in [0.25, 0.3) is 0 Å². The molecule has 2 aromatic rings. The number of aromatic nitrogens is 2. The lowest BCUT2D eigenvalue weighted by molar-refractivity contribution is 0.0786. The first-order chi connectivity index (χ1) is 11.4. The fourth-order valence-corrected chi connectivity index (χ4v) is 3.33. The highest BCUT2D eigenvalue weighted by molar-refractivity contribution is 5.93. The minimum absolute atomic E-state index is 0.00148. The van der Waals surface area contributed by atoms with Crippen LogP contribution >= 0.6 is 0 Å². The Hall–Kier alpha value is -2.43. The molecule has 1 saturated heterocycles. The summed E-state index contributed by atoms with van der Waals surface area (Å²) in [5.41, 5.74) is 5.07. The summed E-state index contributed by atoms with van der Waals surface area (Å²) in [6, 6.07) is 6.03. The highest BCUT2D eigenvalue weighted by Crippen LogP contribution is 2.25. The molecule has 24 heavy (non-hydrogen) atoms. The SMILES string of the molecule is Cc1cc(C)c(Nc2cc(C(=O)N3CCCC3)nc(C)n2)c(C)c1. The number of anilines is 2. The van der Waals surface area contributed by atoms with Gasteiger partial charge in [0.15, 0.2) is 0 Å². The summed E-state index contributed by atoms with van der Waals surface area (Å²) in [6.45, 7) is 9.70. The second kappa shape index (κ2) is 6.59. The van der Waals surface area contributed by atoms with E-state index in [2.05, 4.69) is 48.2 Å². The van der Waals surface area contributed by atoms with Crippen LogP contribution in [0.2, 0.25) is 0 Å². The largest absolute Gasteiger partial charge is 0.340 e. The van der Waals surface area contributed by atoms with Crippen molar-refractivity contribution in [3.8, 4) is 0 Å². The van der Waals surface area contributed by atoms with Crippen LogP contribution in [-0.4, -0.2) is 33.9 Å². The van der Waals surface area contributed by atoms with E-state index in [0.717, 1.165) is 42.7 Å². The molecule has 5 nitrogen and oxygen atoms in total. The number of carbonyl (C=O) groups excluding carboxylic acids is 1. The monoisotopic (exact) mass is 324 g/mol. The summed E-state index contributed by atoms with van der Waals surface area (Å²) >= 11 is 0. The number of aryl methyl sites for hydroxylation is 4. The highest BCUT2D eigenvalue weighted by Gasteiger charge is 2.21. The predicted molar refractivity (Wildman–Crippen MR) is 95.8 cm³/mol. The van der Waals surface area contributed by atoms with E-state index in [0.29, 0.717) is 17.3 Å². The van der Waals surface area contributed by atoms with Crippen molar-refractivity contribution in [1.82, 2.24) is 14.9 Å². The van der Waals surface area contributed by atoms with Gasteiger partial charge in [-0.05, 0) is 51.7 Å². The minimum Gasteiger partial charge on any atom is -0.340 e. The summed E-state index contributed by atoms with van der Waals surface area (Å²) in [4.78, 5) is 23.2. The van der Waals surface area contributed by atoms with E-state index >= 15 is 0 Å². The lowest BCUT2D eigenvalue weighted by atomic mass is 10.1. The van der Waals surface area contributed by atoms with Gasteiger partial charge in [0.05, 0.1) is 0 Å². The average molecular weight is 324 g/mol. The highest BCUT2D eigenvalue weighted by atomic mass is 16.2. The van der Waals surface area contributed by atoms with Crippen LogP contribution in [0, 0.1) is 27.7 Å². The smallest absolute Gasteiger partial charge is 0.272 e. The number of hydrogen-bond donors (Lipinski definition) is 1. The van der Waals surface area contributed by atoms with Crippen LogP contribution < -0.4 is 5.32 Å². The van der Waals surface area contributed by atoms with Gasteiger partial charge in [-0.3, -0.25) is 4.79 Å². The second-order valence-electron chi connectivity index (χ2n) is 6.58. The maximum Gasteiger partial charge on any atom is 0.272 e. The van der Waals surface area contributed by atoms with Gasteiger partial charge >= 0.3 is 0 Å². The molecule has 0 aliphatic carbocycles. The Balaban J connectivity index is 1.90. The van der Waals surface area contributed by atoms with Crippen LogP contribution in [0.15, 0.2) is 18.2 Å². The number of benzene rings is 1. The summed E-state index contributed by atoms with van der Waals surface area (Å²) in [6.07, 6.45) is 2.14. The third kappa shape index (κ3) is 3.40. The molecule has 3 rings (SSSR count). The minimum atomic E-state index is -0.00148. The van der Waals surface area contributed by atoms with Crippen LogP contribution in [0.4, 0.5) is 11.5 Å². The molecule has 0 bridgehead atoms. The first-order valence-corrected chi connectivity index (χ1v) is 8.44. The van der Waals surface area contributed by atoms with Gasteiger partial charge in [0.25, 0.3) is 5.91 Å². The molecule has 0 saturated carbocycles. The fourth-order valence-electron chi connectivity index (χ4n) is 3.33. The predicted octanol–water partition coefficient (Wildman–Crippen LogP) is 3.69. The molecule has 1 aromatic carbocycles. The molecule has 5 heteroatoms. The number of carbonyl (C=O) groups is 1. The summed E-state index contributed by atoms with van der Waals surface area (Å²) in [5, 5.41) is 3.37. The Morgan fingerprint density at radius 3 is 2.25 bits per heavy atom. The standard InChI is InChI=1S/C19H24N4O/c1-12-9-13(2)18(14(3)10-12)22-17-11-16(20-15(4)21-17)19(24)23-7-5-6-8-23/h9-11H,5-8H2,1-4H3,(H,20,21,22). The molecular formula is C19H24N4O. The number of nitrogens with one attached hydrogen (secondary N) is 1. The third-order valence-electron chi connectivity index (χ3n) is 4.38. The quantitative estimate of drug-likeness (QED) is 0.935. The zero-order valence-electron chi connectivity index (χ0n) is 14.8. The van der Waals surface area contributed by atoms with Crippen molar-refractivity contribution in [2.45, 2.75) is 40.5 Å². The topological polar surface area (TPSA) is 58.1 Å².